The van der Waals surface area contributed by atoms with Crippen molar-refractivity contribution in [2.45, 2.75) is 6.54 Å². The van der Waals surface area contributed by atoms with Crippen LogP contribution in [0.3, 0.4) is 0 Å². The largest absolute Gasteiger partial charge is 0.341 e. The molecule has 0 saturated carbocycles. The zero-order valence-corrected chi connectivity index (χ0v) is 10.2. The molecule has 2 aromatic heterocycles. The molecule has 2 rings (SSSR count). The van der Waals surface area contributed by atoms with Crippen LogP contribution in [0.4, 0.5) is 4.79 Å². The van der Waals surface area contributed by atoms with Crippen molar-refractivity contribution in [3.05, 3.63) is 46.5 Å². The molecule has 2 aromatic rings. The van der Waals surface area contributed by atoms with E-state index >= 15 is 0 Å². The number of urea groups is 1. The molecule has 0 aliphatic carbocycles. The first kappa shape index (κ1) is 12.7. The lowest BCUT2D eigenvalue weighted by atomic mass is 10.3. The Morgan fingerprint density at radius 1 is 1.53 bits per heavy atom. The van der Waals surface area contributed by atoms with Crippen LogP contribution in [0.25, 0.3) is 5.65 Å². The summed E-state index contributed by atoms with van der Waals surface area (Å²) in [6.45, 7) is -0.0518. The number of hydrogen-bond acceptors (Lipinski definition) is 4. The Labute approximate surface area is 108 Å². The number of hydrogen-bond donors (Lipinski definition) is 1. The number of pyridine rings is 1. The maximum absolute atomic E-state index is 11.8. The van der Waals surface area contributed by atoms with E-state index in [4.69, 9.17) is 0 Å². The molecular weight excluding hydrogens is 248 g/mol. The molecule has 0 aliphatic rings. The van der Waals surface area contributed by atoms with Gasteiger partial charge in [-0.1, -0.05) is 6.07 Å². The molecule has 0 radical (unpaired) electrons. The Bertz CT molecular complexity index is 680. The molecule has 0 fully saturated rings. The zero-order valence-electron chi connectivity index (χ0n) is 10.2. The molecule has 19 heavy (non-hydrogen) atoms. The summed E-state index contributed by atoms with van der Waals surface area (Å²) < 4.78 is 1.38. The van der Waals surface area contributed by atoms with Gasteiger partial charge in [-0.3, -0.25) is 18.9 Å². The van der Waals surface area contributed by atoms with E-state index in [9.17, 15) is 14.4 Å². The Morgan fingerprint density at radius 2 is 2.32 bits per heavy atom. The van der Waals surface area contributed by atoms with Crippen LogP contribution >= 0.6 is 0 Å². The molecule has 7 heteroatoms. The highest BCUT2D eigenvalue weighted by molar-refractivity contribution is 5.84. The molecular formula is C12H12N4O3. The van der Waals surface area contributed by atoms with Crippen LogP contribution in [0.1, 0.15) is 5.69 Å². The summed E-state index contributed by atoms with van der Waals surface area (Å²) in [6, 6.07) is 5.90. The first-order chi connectivity index (χ1) is 9.15. The number of nitrogens with one attached hydrogen (secondary N) is 1. The van der Waals surface area contributed by atoms with E-state index in [-0.39, 0.29) is 12.1 Å². The second-order valence-corrected chi connectivity index (χ2v) is 3.80. The number of fused-ring (bicyclic) bond motifs is 1. The summed E-state index contributed by atoms with van der Waals surface area (Å²) in [5, 5.41) is 2.33. The second-order valence-electron chi connectivity index (χ2n) is 3.80. The molecule has 0 aromatic carbocycles. The van der Waals surface area contributed by atoms with Crippen LogP contribution in [0, 0.1) is 0 Å². The van der Waals surface area contributed by atoms with Crippen LogP contribution < -0.4 is 10.9 Å². The molecule has 0 bridgehead atoms. The van der Waals surface area contributed by atoms with Crippen LogP contribution in [0.2, 0.25) is 0 Å². The summed E-state index contributed by atoms with van der Waals surface area (Å²) in [7, 11) is 1.42. The van der Waals surface area contributed by atoms with E-state index in [1.807, 2.05) is 0 Å². The summed E-state index contributed by atoms with van der Waals surface area (Å²) in [4.78, 5) is 39.1. The van der Waals surface area contributed by atoms with Crippen LogP contribution in [0.15, 0.2) is 35.3 Å². The van der Waals surface area contributed by atoms with Gasteiger partial charge in [0.15, 0.2) is 0 Å². The van der Waals surface area contributed by atoms with Gasteiger partial charge in [0.05, 0.1) is 12.2 Å². The Kier molecular flexibility index (Phi) is 3.56. The van der Waals surface area contributed by atoms with E-state index in [0.29, 0.717) is 17.8 Å². The maximum atomic E-state index is 11.8. The quantitative estimate of drug-likeness (QED) is 0.787. The average molecular weight is 260 g/mol. The lowest BCUT2D eigenvalue weighted by molar-refractivity contribution is -0.116. The van der Waals surface area contributed by atoms with Crippen molar-refractivity contribution in [1.82, 2.24) is 19.6 Å². The van der Waals surface area contributed by atoms with E-state index in [1.165, 1.54) is 17.5 Å². The van der Waals surface area contributed by atoms with Crippen molar-refractivity contribution in [2.24, 2.45) is 0 Å². The van der Waals surface area contributed by atoms with Gasteiger partial charge in [0.2, 0.25) is 6.41 Å². The number of carbonyl (C=O) groups excluding carboxylic acids is 2. The molecule has 0 saturated heterocycles. The molecule has 2 heterocycles. The summed E-state index contributed by atoms with van der Waals surface area (Å²) in [6.07, 6.45) is 2.00. The Hall–Kier alpha value is -2.70. The van der Waals surface area contributed by atoms with Crippen LogP contribution in [-0.4, -0.2) is 33.8 Å². The summed E-state index contributed by atoms with van der Waals surface area (Å²) in [5.41, 5.74) is 0.558. The minimum Gasteiger partial charge on any atom is -0.341 e. The van der Waals surface area contributed by atoms with Gasteiger partial charge in [0.1, 0.15) is 5.65 Å². The summed E-state index contributed by atoms with van der Waals surface area (Å²) in [5.74, 6) is 0. The van der Waals surface area contributed by atoms with E-state index < -0.39 is 6.03 Å². The minimum atomic E-state index is -0.551. The van der Waals surface area contributed by atoms with Gasteiger partial charge in [-0.15, -0.1) is 0 Å². The normalized spacial score (nSPS) is 10.2. The fourth-order valence-corrected chi connectivity index (χ4v) is 1.66. The first-order valence-electron chi connectivity index (χ1n) is 5.56. The highest BCUT2D eigenvalue weighted by Crippen LogP contribution is 2.01. The number of aromatic nitrogens is 2. The number of rotatable bonds is 3. The van der Waals surface area contributed by atoms with E-state index in [2.05, 4.69) is 10.3 Å². The van der Waals surface area contributed by atoms with Gasteiger partial charge in [-0.25, -0.2) is 9.78 Å². The molecule has 0 unspecified atom stereocenters. The predicted molar refractivity (Wildman–Crippen MR) is 67.5 cm³/mol. The zero-order chi connectivity index (χ0) is 13.8. The SMILES string of the molecule is CNC(=O)N(C=O)Cc1cc(=O)n2ccccc2n1. The molecule has 0 atom stereocenters. The van der Waals surface area contributed by atoms with Crippen molar-refractivity contribution >= 4 is 18.1 Å². The minimum absolute atomic E-state index is 0.0518. The van der Waals surface area contributed by atoms with Gasteiger partial charge in [-0.05, 0) is 12.1 Å². The fourth-order valence-electron chi connectivity index (χ4n) is 1.66. The second kappa shape index (κ2) is 5.30. The average Bonchev–Trinajstić information content (AvgIpc) is 2.44. The lowest BCUT2D eigenvalue weighted by Gasteiger charge is -2.14. The molecule has 98 valence electrons. The standard InChI is InChI=1S/C12H12N4O3/c1-13-12(19)15(8-17)7-9-6-11(18)16-5-3-2-4-10(16)14-9/h2-6,8H,7H2,1H3,(H,13,19). The number of carbonyl (C=O) groups is 2. The van der Waals surface area contributed by atoms with Gasteiger partial charge in [-0.2, -0.15) is 0 Å². The van der Waals surface area contributed by atoms with Gasteiger partial charge in [0, 0.05) is 19.3 Å². The number of nitrogens with zero attached hydrogens (tertiary/aromatic N) is 3. The van der Waals surface area contributed by atoms with Gasteiger partial charge >= 0.3 is 6.03 Å². The van der Waals surface area contributed by atoms with Crippen molar-refractivity contribution < 1.29 is 9.59 Å². The van der Waals surface area contributed by atoms with Crippen molar-refractivity contribution in [3.63, 3.8) is 0 Å². The Balaban J connectivity index is 2.38. The first-order valence-corrected chi connectivity index (χ1v) is 5.56. The third-order valence-electron chi connectivity index (χ3n) is 2.56. The molecule has 7 nitrogen and oxygen atoms in total. The Morgan fingerprint density at radius 3 is 3.00 bits per heavy atom. The van der Waals surface area contributed by atoms with Crippen molar-refractivity contribution in [2.75, 3.05) is 7.05 Å². The topological polar surface area (TPSA) is 83.8 Å². The number of amides is 3. The smallest absolute Gasteiger partial charge is 0.323 e. The lowest BCUT2D eigenvalue weighted by Crippen LogP contribution is -2.37. The monoisotopic (exact) mass is 260 g/mol. The molecule has 0 aliphatic heterocycles. The fraction of sp³-hybridized carbons (Fsp3) is 0.167. The van der Waals surface area contributed by atoms with Gasteiger partial charge in [0.25, 0.3) is 5.56 Å². The molecule has 3 amide bonds. The highest BCUT2D eigenvalue weighted by atomic mass is 16.2. The molecule has 1 N–H and O–H groups in total. The third kappa shape index (κ3) is 2.59. The highest BCUT2D eigenvalue weighted by Gasteiger charge is 2.12. The van der Waals surface area contributed by atoms with E-state index in [1.54, 1.807) is 24.4 Å². The maximum Gasteiger partial charge on any atom is 0.323 e. The van der Waals surface area contributed by atoms with Crippen molar-refractivity contribution in [1.29, 1.82) is 0 Å². The third-order valence-corrected chi connectivity index (χ3v) is 2.56. The van der Waals surface area contributed by atoms with E-state index in [0.717, 1.165) is 4.90 Å². The molecule has 0 spiro atoms. The van der Waals surface area contributed by atoms with Crippen LogP contribution in [-0.2, 0) is 11.3 Å². The van der Waals surface area contributed by atoms with Crippen molar-refractivity contribution in [3.8, 4) is 0 Å². The van der Waals surface area contributed by atoms with Gasteiger partial charge < -0.3 is 5.32 Å². The number of imide groups is 1. The van der Waals surface area contributed by atoms with Crippen LogP contribution in [0.5, 0.6) is 0 Å². The summed E-state index contributed by atoms with van der Waals surface area (Å²) >= 11 is 0. The predicted octanol–water partition coefficient (Wildman–Crippen LogP) is -0.00770.